The Morgan fingerprint density at radius 3 is 2.56 bits per heavy atom. The molecule has 128 valence electrons. The minimum atomic E-state index is -0.282. The second kappa shape index (κ2) is 8.13. The molecule has 0 aliphatic rings. The van der Waals surface area contributed by atoms with Crippen molar-refractivity contribution in [2.24, 2.45) is 0 Å². The zero-order chi connectivity index (χ0) is 17.6. The number of halogens is 2. The Morgan fingerprint density at radius 2 is 1.84 bits per heavy atom. The molecule has 0 aliphatic carbocycles. The van der Waals surface area contributed by atoms with E-state index in [-0.39, 0.29) is 24.2 Å². The molecule has 1 heterocycles. The van der Waals surface area contributed by atoms with Crippen molar-refractivity contribution in [1.82, 2.24) is 10.2 Å². The van der Waals surface area contributed by atoms with E-state index in [0.29, 0.717) is 22.2 Å². The van der Waals surface area contributed by atoms with Crippen LogP contribution in [0, 0.1) is 5.82 Å². The number of anilines is 1. The molecule has 0 bridgehead atoms. The highest BCUT2D eigenvalue weighted by Gasteiger charge is 2.11. The zero-order valence-corrected chi connectivity index (χ0v) is 14.5. The molecule has 0 spiro atoms. The van der Waals surface area contributed by atoms with Gasteiger partial charge in [0.15, 0.2) is 0 Å². The fourth-order valence-electron chi connectivity index (χ4n) is 1.96. The summed E-state index contributed by atoms with van der Waals surface area (Å²) in [4.78, 5) is 12.8. The SMILES string of the molecule is O=C(CCSc1ccc(F)cc1)Nc1nnc(-c2ccc(Cl)cc2)o1. The number of carbonyl (C=O) groups excluding carboxylic acids is 1. The van der Waals surface area contributed by atoms with Crippen LogP contribution in [0.5, 0.6) is 0 Å². The molecule has 0 radical (unpaired) electrons. The van der Waals surface area contributed by atoms with Crippen molar-refractivity contribution in [3.05, 3.63) is 59.4 Å². The van der Waals surface area contributed by atoms with Gasteiger partial charge in [-0.3, -0.25) is 10.1 Å². The normalized spacial score (nSPS) is 10.6. The molecule has 0 atom stereocenters. The van der Waals surface area contributed by atoms with Gasteiger partial charge in [0.2, 0.25) is 11.8 Å². The summed E-state index contributed by atoms with van der Waals surface area (Å²) in [6.45, 7) is 0. The molecule has 1 N–H and O–H groups in total. The van der Waals surface area contributed by atoms with Gasteiger partial charge in [0, 0.05) is 27.7 Å². The predicted molar refractivity (Wildman–Crippen MR) is 95.1 cm³/mol. The largest absolute Gasteiger partial charge is 0.403 e. The highest BCUT2D eigenvalue weighted by atomic mass is 35.5. The molecule has 0 saturated heterocycles. The van der Waals surface area contributed by atoms with E-state index in [0.717, 1.165) is 4.90 Å². The number of benzene rings is 2. The van der Waals surface area contributed by atoms with Crippen LogP contribution in [0.2, 0.25) is 5.02 Å². The Labute approximate surface area is 152 Å². The fourth-order valence-corrected chi connectivity index (χ4v) is 2.93. The van der Waals surface area contributed by atoms with Gasteiger partial charge in [-0.25, -0.2) is 4.39 Å². The smallest absolute Gasteiger partial charge is 0.322 e. The average molecular weight is 378 g/mol. The van der Waals surface area contributed by atoms with E-state index in [1.54, 1.807) is 36.4 Å². The summed E-state index contributed by atoms with van der Waals surface area (Å²) in [6, 6.07) is 13.1. The van der Waals surface area contributed by atoms with Crippen molar-refractivity contribution in [1.29, 1.82) is 0 Å². The van der Waals surface area contributed by atoms with Gasteiger partial charge < -0.3 is 4.42 Å². The second-order valence-electron chi connectivity index (χ2n) is 5.02. The lowest BCUT2D eigenvalue weighted by Gasteiger charge is -2.01. The molecule has 8 heteroatoms. The van der Waals surface area contributed by atoms with Crippen molar-refractivity contribution in [2.75, 3.05) is 11.1 Å². The van der Waals surface area contributed by atoms with Gasteiger partial charge in [-0.1, -0.05) is 16.7 Å². The second-order valence-corrected chi connectivity index (χ2v) is 6.62. The lowest BCUT2D eigenvalue weighted by Crippen LogP contribution is -2.12. The summed E-state index contributed by atoms with van der Waals surface area (Å²) in [5.74, 6) is 0.332. The quantitative estimate of drug-likeness (QED) is 0.633. The lowest BCUT2D eigenvalue weighted by molar-refractivity contribution is -0.115. The van der Waals surface area contributed by atoms with Crippen molar-refractivity contribution >= 4 is 35.3 Å². The number of carbonyl (C=O) groups is 1. The van der Waals surface area contributed by atoms with E-state index in [1.807, 2.05) is 0 Å². The van der Waals surface area contributed by atoms with E-state index in [1.165, 1.54) is 23.9 Å². The molecule has 25 heavy (non-hydrogen) atoms. The molecular formula is C17H13ClFN3O2S. The fraction of sp³-hybridized carbons (Fsp3) is 0.118. The third-order valence-corrected chi connectivity index (χ3v) is 4.44. The maximum atomic E-state index is 12.8. The van der Waals surface area contributed by atoms with Gasteiger partial charge in [-0.15, -0.1) is 16.9 Å². The lowest BCUT2D eigenvalue weighted by atomic mass is 10.2. The molecule has 1 aromatic heterocycles. The summed E-state index contributed by atoms with van der Waals surface area (Å²) in [5.41, 5.74) is 0.712. The Kier molecular flexibility index (Phi) is 5.67. The van der Waals surface area contributed by atoms with Crippen LogP contribution in [0.4, 0.5) is 10.4 Å². The number of hydrogen-bond donors (Lipinski definition) is 1. The summed E-state index contributed by atoms with van der Waals surface area (Å²) in [5, 5.41) is 10.9. The summed E-state index contributed by atoms with van der Waals surface area (Å²) < 4.78 is 18.2. The van der Waals surface area contributed by atoms with Crippen LogP contribution < -0.4 is 5.32 Å². The van der Waals surface area contributed by atoms with Crippen molar-refractivity contribution in [2.45, 2.75) is 11.3 Å². The molecule has 1 amide bonds. The molecule has 0 aliphatic heterocycles. The highest BCUT2D eigenvalue weighted by molar-refractivity contribution is 7.99. The zero-order valence-electron chi connectivity index (χ0n) is 12.9. The maximum absolute atomic E-state index is 12.8. The van der Waals surface area contributed by atoms with E-state index < -0.39 is 0 Å². The number of aromatic nitrogens is 2. The Balaban J connectivity index is 1.49. The molecular weight excluding hydrogens is 365 g/mol. The topological polar surface area (TPSA) is 68.0 Å². The summed E-state index contributed by atoms with van der Waals surface area (Å²) in [7, 11) is 0. The number of thioether (sulfide) groups is 1. The van der Waals surface area contributed by atoms with E-state index in [4.69, 9.17) is 16.0 Å². The molecule has 0 saturated carbocycles. The van der Waals surface area contributed by atoms with Gasteiger partial charge in [-0.2, -0.15) is 0 Å². The molecule has 5 nitrogen and oxygen atoms in total. The van der Waals surface area contributed by atoms with E-state index >= 15 is 0 Å². The van der Waals surface area contributed by atoms with Gasteiger partial charge >= 0.3 is 6.01 Å². The number of rotatable bonds is 6. The first kappa shape index (κ1) is 17.4. The van der Waals surface area contributed by atoms with Crippen molar-refractivity contribution < 1.29 is 13.6 Å². The third kappa shape index (κ3) is 5.04. The molecule has 2 aromatic carbocycles. The maximum Gasteiger partial charge on any atom is 0.322 e. The first-order chi connectivity index (χ1) is 12.1. The summed E-state index contributed by atoms with van der Waals surface area (Å²) in [6.07, 6.45) is 0.265. The molecule has 3 aromatic rings. The van der Waals surface area contributed by atoms with Crippen LogP contribution in [0.1, 0.15) is 6.42 Å². The predicted octanol–water partition coefficient (Wildman–Crippen LogP) is 4.65. The standard InChI is InChI=1S/C17H13ClFN3O2S/c18-12-3-1-11(2-4-12)16-21-22-17(24-16)20-15(23)9-10-25-14-7-5-13(19)6-8-14/h1-8H,9-10H2,(H,20,22,23). The average Bonchev–Trinajstić information content (AvgIpc) is 3.06. The van der Waals surface area contributed by atoms with E-state index in [2.05, 4.69) is 15.5 Å². The number of hydrogen-bond acceptors (Lipinski definition) is 5. The molecule has 0 unspecified atom stereocenters. The van der Waals surface area contributed by atoms with Crippen LogP contribution in [0.3, 0.4) is 0 Å². The number of amides is 1. The monoisotopic (exact) mass is 377 g/mol. The molecule has 3 rings (SSSR count). The van der Waals surface area contributed by atoms with Crippen LogP contribution in [-0.4, -0.2) is 21.9 Å². The van der Waals surface area contributed by atoms with Gasteiger partial charge in [0.25, 0.3) is 0 Å². The number of nitrogens with one attached hydrogen (secondary N) is 1. The van der Waals surface area contributed by atoms with Crippen LogP contribution in [-0.2, 0) is 4.79 Å². The van der Waals surface area contributed by atoms with Crippen LogP contribution in [0.15, 0.2) is 57.8 Å². The van der Waals surface area contributed by atoms with Crippen LogP contribution in [0.25, 0.3) is 11.5 Å². The summed E-state index contributed by atoms with van der Waals surface area (Å²) >= 11 is 7.29. The molecule has 0 fully saturated rings. The van der Waals surface area contributed by atoms with Crippen molar-refractivity contribution in [3.8, 4) is 11.5 Å². The highest BCUT2D eigenvalue weighted by Crippen LogP contribution is 2.22. The van der Waals surface area contributed by atoms with Crippen LogP contribution >= 0.6 is 23.4 Å². The van der Waals surface area contributed by atoms with Gasteiger partial charge in [0.1, 0.15) is 5.82 Å². The number of nitrogens with zero attached hydrogens (tertiary/aromatic N) is 2. The van der Waals surface area contributed by atoms with Gasteiger partial charge in [-0.05, 0) is 48.5 Å². The Morgan fingerprint density at radius 1 is 1.12 bits per heavy atom. The third-order valence-electron chi connectivity index (χ3n) is 3.17. The minimum absolute atomic E-state index is 0.0433. The van der Waals surface area contributed by atoms with E-state index in [9.17, 15) is 9.18 Å². The Hall–Kier alpha value is -2.38. The Bertz CT molecular complexity index is 853. The first-order valence-electron chi connectivity index (χ1n) is 7.38. The minimum Gasteiger partial charge on any atom is -0.403 e. The van der Waals surface area contributed by atoms with Crippen molar-refractivity contribution in [3.63, 3.8) is 0 Å². The first-order valence-corrected chi connectivity index (χ1v) is 8.74. The van der Waals surface area contributed by atoms with Gasteiger partial charge in [0.05, 0.1) is 0 Å².